The van der Waals surface area contributed by atoms with Crippen molar-refractivity contribution in [2.45, 2.75) is 0 Å². The lowest BCUT2D eigenvalue weighted by Crippen LogP contribution is -2.17. The van der Waals surface area contributed by atoms with Gasteiger partial charge in [-0.05, 0) is 42.5 Å². The molecule has 1 amide bonds. The Hall–Kier alpha value is -2.04. The second-order valence-corrected chi connectivity index (χ2v) is 4.97. The highest BCUT2D eigenvalue weighted by atomic mass is 35.5. The maximum absolute atomic E-state index is 11.8. The minimum atomic E-state index is -0.330. The van der Waals surface area contributed by atoms with Gasteiger partial charge in [0.1, 0.15) is 5.75 Å². The Bertz CT molecular complexity index is 670. The summed E-state index contributed by atoms with van der Waals surface area (Å²) in [5.41, 5.74) is 3.56. The lowest BCUT2D eigenvalue weighted by Gasteiger charge is -2.04. The first kappa shape index (κ1) is 15.4. The number of carbonyl (C=O) groups excluding carboxylic acids is 1. The molecule has 2 aromatic rings. The number of methoxy groups -OCH3 is 1. The van der Waals surface area contributed by atoms with E-state index in [2.05, 4.69) is 10.5 Å². The van der Waals surface area contributed by atoms with E-state index in [-0.39, 0.29) is 5.91 Å². The second kappa shape index (κ2) is 7.11. The summed E-state index contributed by atoms with van der Waals surface area (Å²) in [6.45, 7) is 0. The summed E-state index contributed by atoms with van der Waals surface area (Å²) >= 11 is 11.7. The third-order valence-electron chi connectivity index (χ3n) is 2.67. The van der Waals surface area contributed by atoms with Crippen LogP contribution >= 0.6 is 23.2 Å². The maximum atomic E-state index is 11.8. The smallest absolute Gasteiger partial charge is 0.271 e. The molecular formula is C15H12Cl2N2O2. The Morgan fingerprint density at radius 1 is 1.14 bits per heavy atom. The fourth-order valence-corrected chi connectivity index (χ4v) is 1.94. The number of carbonyl (C=O) groups is 1. The molecule has 0 spiro atoms. The highest BCUT2D eigenvalue weighted by Gasteiger charge is 2.04. The number of hydrazone groups is 1. The zero-order chi connectivity index (χ0) is 15.2. The van der Waals surface area contributed by atoms with E-state index in [4.69, 9.17) is 27.9 Å². The van der Waals surface area contributed by atoms with Gasteiger partial charge in [-0.3, -0.25) is 4.79 Å². The zero-order valence-electron chi connectivity index (χ0n) is 11.1. The number of benzene rings is 2. The van der Waals surface area contributed by atoms with Crippen LogP contribution in [-0.2, 0) is 0 Å². The van der Waals surface area contributed by atoms with Crippen LogP contribution in [0, 0.1) is 0 Å². The van der Waals surface area contributed by atoms with Crippen molar-refractivity contribution in [3.63, 3.8) is 0 Å². The van der Waals surface area contributed by atoms with E-state index in [9.17, 15) is 4.79 Å². The molecule has 0 saturated carbocycles. The van der Waals surface area contributed by atoms with Crippen LogP contribution in [0.4, 0.5) is 0 Å². The summed E-state index contributed by atoms with van der Waals surface area (Å²) in [4.78, 5) is 11.8. The van der Waals surface area contributed by atoms with Gasteiger partial charge in [0, 0.05) is 21.2 Å². The fourth-order valence-electron chi connectivity index (χ4n) is 1.63. The van der Waals surface area contributed by atoms with Crippen LogP contribution in [0.5, 0.6) is 5.75 Å². The van der Waals surface area contributed by atoms with Crippen LogP contribution in [0.1, 0.15) is 15.9 Å². The van der Waals surface area contributed by atoms with E-state index >= 15 is 0 Å². The van der Waals surface area contributed by atoms with Gasteiger partial charge in [-0.2, -0.15) is 5.10 Å². The maximum Gasteiger partial charge on any atom is 0.271 e. The Morgan fingerprint density at radius 3 is 2.48 bits per heavy atom. The third-order valence-corrected chi connectivity index (χ3v) is 3.15. The molecule has 6 heteroatoms. The van der Waals surface area contributed by atoms with E-state index in [0.717, 1.165) is 0 Å². The van der Waals surface area contributed by atoms with E-state index in [1.54, 1.807) is 49.6 Å². The van der Waals surface area contributed by atoms with Crippen LogP contribution < -0.4 is 10.2 Å². The molecule has 1 N–H and O–H groups in total. The monoisotopic (exact) mass is 322 g/mol. The van der Waals surface area contributed by atoms with E-state index in [1.165, 1.54) is 6.21 Å². The molecule has 0 saturated heterocycles. The van der Waals surface area contributed by atoms with Crippen molar-refractivity contribution in [3.05, 3.63) is 63.6 Å². The Morgan fingerprint density at radius 2 is 1.81 bits per heavy atom. The first-order valence-corrected chi connectivity index (χ1v) is 6.78. The molecule has 0 aliphatic heterocycles. The molecule has 0 aliphatic rings. The number of hydrogen-bond donors (Lipinski definition) is 1. The third kappa shape index (κ3) is 4.21. The summed E-state index contributed by atoms with van der Waals surface area (Å²) in [5, 5.41) is 5.02. The lowest BCUT2D eigenvalue weighted by atomic mass is 10.2. The number of amides is 1. The molecular weight excluding hydrogens is 311 g/mol. The van der Waals surface area contributed by atoms with Gasteiger partial charge in [0.05, 0.1) is 13.3 Å². The van der Waals surface area contributed by atoms with Crippen LogP contribution in [0.15, 0.2) is 47.6 Å². The normalized spacial score (nSPS) is 10.6. The summed E-state index contributed by atoms with van der Waals surface area (Å²) in [6, 6.07) is 11.6. The van der Waals surface area contributed by atoms with Crippen molar-refractivity contribution in [2.75, 3.05) is 7.11 Å². The predicted octanol–water partition coefficient (Wildman–Crippen LogP) is 3.77. The molecule has 21 heavy (non-hydrogen) atoms. The van der Waals surface area contributed by atoms with Crippen molar-refractivity contribution in [1.29, 1.82) is 0 Å². The lowest BCUT2D eigenvalue weighted by molar-refractivity contribution is 0.0955. The molecule has 0 atom stereocenters. The quantitative estimate of drug-likeness (QED) is 0.688. The zero-order valence-corrected chi connectivity index (χ0v) is 12.7. The minimum absolute atomic E-state index is 0.330. The van der Waals surface area contributed by atoms with E-state index in [0.29, 0.717) is 26.9 Å². The van der Waals surface area contributed by atoms with Crippen molar-refractivity contribution < 1.29 is 9.53 Å². The standard InChI is InChI=1S/C15H12Cl2N2O2/c1-21-14-7-6-13(17)8-11(14)9-18-19-15(20)10-2-4-12(16)5-3-10/h2-9H,1H3,(H,19,20)/b18-9-. The second-order valence-electron chi connectivity index (χ2n) is 4.09. The average Bonchev–Trinajstić information content (AvgIpc) is 2.48. The van der Waals surface area contributed by atoms with Gasteiger partial charge >= 0.3 is 0 Å². The number of halogens is 2. The molecule has 0 radical (unpaired) electrons. The molecule has 0 fully saturated rings. The largest absolute Gasteiger partial charge is 0.496 e. The molecule has 0 bridgehead atoms. The Kier molecular flexibility index (Phi) is 5.20. The topological polar surface area (TPSA) is 50.7 Å². The van der Waals surface area contributed by atoms with Gasteiger partial charge in [-0.1, -0.05) is 23.2 Å². The number of ether oxygens (including phenoxy) is 1. The fraction of sp³-hybridized carbons (Fsp3) is 0.0667. The molecule has 0 aliphatic carbocycles. The van der Waals surface area contributed by atoms with Gasteiger partial charge in [-0.25, -0.2) is 5.43 Å². The average molecular weight is 323 g/mol. The van der Waals surface area contributed by atoms with E-state index < -0.39 is 0 Å². The van der Waals surface area contributed by atoms with Crippen LogP contribution in [0.2, 0.25) is 10.0 Å². The number of rotatable bonds is 4. The first-order chi connectivity index (χ1) is 10.1. The molecule has 0 aromatic heterocycles. The van der Waals surface area contributed by atoms with Crippen molar-refractivity contribution >= 4 is 35.3 Å². The molecule has 4 nitrogen and oxygen atoms in total. The van der Waals surface area contributed by atoms with Gasteiger partial charge in [0.2, 0.25) is 0 Å². The summed E-state index contributed by atoms with van der Waals surface area (Å²) in [5.74, 6) is 0.285. The van der Waals surface area contributed by atoms with Crippen molar-refractivity contribution in [2.24, 2.45) is 5.10 Å². The molecule has 2 aromatic carbocycles. The predicted molar refractivity (Wildman–Crippen MR) is 84.5 cm³/mol. The molecule has 2 rings (SSSR count). The van der Waals surface area contributed by atoms with Crippen LogP contribution in [0.3, 0.4) is 0 Å². The minimum Gasteiger partial charge on any atom is -0.496 e. The summed E-state index contributed by atoms with van der Waals surface area (Å²) in [6.07, 6.45) is 1.47. The first-order valence-electron chi connectivity index (χ1n) is 6.02. The van der Waals surface area contributed by atoms with Crippen LogP contribution in [0.25, 0.3) is 0 Å². The number of nitrogens with zero attached hydrogens (tertiary/aromatic N) is 1. The Labute approximate surface area is 132 Å². The summed E-state index contributed by atoms with van der Waals surface area (Å²) < 4.78 is 5.18. The number of nitrogens with one attached hydrogen (secondary N) is 1. The number of hydrogen-bond acceptors (Lipinski definition) is 3. The SMILES string of the molecule is COc1ccc(Cl)cc1/C=N\NC(=O)c1ccc(Cl)cc1. The highest BCUT2D eigenvalue weighted by molar-refractivity contribution is 6.31. The van der Waals surface area contributed by atoms with Crippen molar-refractivity contribution in [3.8, 4) is 5.75 Å². The van der Waals surface area contributed by atoms with Gasteiger partial charge < -0.3 is 4.74 Å². The molecule has 0 heterocycles. The van der Waals surface area contributed by atoms with Crippen LogP contribution in [-0.4, -0.2) is 19.2 Å². The molecule has 108 valence electrons. The summed E-state index contributed by atoms with van der Waals surface area (Å²) in [7, 11) is 1.55. The van der Waals surface area contributed by atoms with Gasteiger partial charge in [-0.15, -0.1) is 0 Å². The highest BCUT2D eigenvalue weighted by Crippen LogP contribution is 2.20. The van der Waals surface area contributed by atoms with Crippen molar-refractivity contribution in [1.82, 2.24) is 5.43 Å². The van der Waals surface area contributed by atoms with Gasteiger partial charge in [0.15, 0.2) is 0 Å². The van der Waals surface area contributed by atoms with E-state index in [1.807, 2.05) is 0 Å². The van der Waals surface area contributed by atoms with Gasteiger partial charge in [0.25, 0.3) is 5.91 Å². The molecule has 0 unspecified atom stereocenters. The Balaban J connectivity index is 2.07.